The summed E-state index contributed by atoms with van der Waals surface area (Å²) in [7, 11) is 0. The zero-order valence-electron chi connectivity index (χ0n) is 15.0. The minimum absolute atomic E-state index is 0.569. The Morgan fingerprint density at radius 1 is 0.591 bits per heavy atom. The Morgan fingerprint density at radius 2 is 1.05 bits per heavy atom. The molecule has 2 aromatic rings. The van der Waals surface area contributed by atoms with Crippen LogP contribution < -0.4 is 0 Å². The van der Waals surface area contributed by atoms with Crippen LogP contribution >= 0.6 is 0 Å². The van der Waals surface area contributed by atoms with Crippen LogP contribution in [0.2, 0.25) is 0 Å². The highest BCUT2D eigenvalue weighted by Gasteiger charge is 2.15. The predicted molar refractivity (Wildman–Crippen MR) is 98.0 cm³/mol. The second-order valence-corrected chi connectivity index (χ2v) is 7.25. The van der Waals surface area contributed by atoms with Crippen molar-refractivity contribution < 1.29 is 0 Å². The maximum absolute atomic E-state index is 2.31. The molecule has 0 heterocycles. The lowest BCUT2D eigenvalue weighted by atomic mass is 9.84. The van der Waals surface area contributed by atoms with Gasteiger partial charge < -0.3 is 0 Å². The third-order valence-electron chi connectivity index (χ3n) is 4.54. The van der Waals surface area contributed by atoms with E-state index in [1.165, 1.54) is 22.3 Å². The Bertz CT molecular complexity index is 591. The monoisotopic (exact) mass is 294 g/mol. The molecule has 0 aromatic heterocycles. The van der Waals surface area contributed by atoms with Crippen molar-refractivity contribution in [1.82, 2.24) is 0 Å². The molecule has 0 aliphatic heterocycles. The average molecular weight is 294 g/mol. The normalized spacial score (nSPS) is 11.7. The van der Waals surface area contributed by atoms with Gasteiger partial charge in [0.05, 0.1) is 0 Å². The molecule has 0 aliphatic rings. The van der Waals surface area contributed by atoms with Crippen LogP contribution in [0.1, 0.15) is 87.1 Å². The van der Waals surface area contributed by atoms with E-state index in [0.717, 1.165) is 6.42 Å². The first-order chi connectivity index (χ1) is 10.4. The number of hydrogen-bond donors (Lipinski definition) is 0. The fourth-order valence-electron chi connectivity index (χ4n) is 3.36. The molecule has 0 radical (unpaired) electrons. The first kappa shape index (κ1) is 16.8. The van der Waals surface area contributed by atoms with Crippen LogP contribution in [0, 0.1) is 0 Å². The zero-order chi connectivity index (χ0) is 16.3. The first-order valence-corrected chi connectivity index (χ1v) is 8.61. The Labute approximate surface area is 136 Å². The van der Waals surface area contributed by atoms with Crippen molar-refractivity contribution in [2.24, 2.45) is 0 Å². The van der Waals surface area contributed by atoms with Gasteiger partial charge in [-0.2, -0.15) is 0 Å². The van der Waals surface area contributed by atoms with Gasteiger partial charge in [0.2, 0.25) is 0 Å². The van der Waals surface area contributed by atoms with E-state index in [4.69, 9.17) is 0 Å². The van der Waals surface area contributed by atoms with Gasteiger partial charge in [-0.15, -0.1) is 0 Å². The van der Waals surface area contributed by atoms with E-state index in [9.17, 15) is 0 Å². The lowest BCUT2D eigenvalue weighted by Crippen LogP contribution is -2.06. The Hall–Kier alpha value is -1.56. The molecule has 22 heavy (non-hydrogen) atoms. The van der Waals surface area contributed by atoms with Crippen LogP contribution in [-0.2, 0) is 6.42 Å². The predicted octanol–water partition coefficient (Wildman–Crippen LogP) is 6.65. The first-order valence-electron chi connectivity index (χ1n) is 8.61. The molecule has 0 heteroatoms. The van der Waals surface area contributed by atoms with Crippen LogP contribution in [0.15, 0.2) is 42.5 Å². The summed E-state index contributed by atoms with van der Waals surface area (Å²) in [5.41, 5.74) is 7.51. The minimum atomic E-state index is 0.569. The highest BCUT2D eigenvalue weighted by atomic mass is 14.2. The van der Waals surface area contributed by atoms with Gasteiger partial charge in [-0.25, -0.2) is 0 Å². The van der Waals surface area contributed by atoms with E-state index in [1.54, 1.807) is 5.56 Å². The third kappa shape index (κ3) is 3.61. The standard InChI is InChI=1S/C22H30/c1-15(2)19-11-8-7-10-18(19)14-22-20(16(3)4)12-9-13-21(22)17(5)6/h7-13,15-17H,14H2,1-6H3. The van der Waals surface area contributed by atoms with Crippen LogP contribution in [0.25, 0.3) is 0 Å². The second kappa shape index (κ2) is 7.13. The molecule has 0 bridgehead atoms. The molecule has 0 amide bonds. The van der Waals surface area contributed by atoms with Crippen LogP contribution in [0.3, 0.4) is 0 Å². The average Bonchev–Trinajstić information content (AvgIpc) is 2.47. The maximum Gasteiger partial charge on any atom is -0.00173 e. The molecule has 2 rings (SSSR count). The summed E-state index contributed by atoms with van der Waals surface area (Å²) in [6, 6.07) is 15.8. The van der Waals surface area contributed by atoms with E-state index >= 15 is 0 Å². The fourth-order valence-corrected chi connectivity index (χ4v) is 3.36. The highest BCUT2D eigenvalue weighted by Crippen LogP contribution is 2.31. The molecule has 0 fully saturated rings. The van der Waals surface area contributed by atoms with Gasteiger partial charge >= 0.3 is 0 Å². The summed E-state index contributed by atoms with van der Waals surface area (Å²) >= 11 is 0. The van der Waals surface area contributed by atoms with Crippen molar-refractivity contribution in [2.45, 2.75) is 65.7 Å². The van der Waals surface area contributed by atoms with Crippen molar-refractivity contribution in [2.75, 3.05) is 0 Å². The minimum Gasteiger partial charge on any atom is -0.0620 e. The molecule has 0 saturated heterocycles. The van der Waals surface area contributed by atoms with E-state index in [0.29, 0.717) is 17.8 Å². The summed E-state index contributed by atoms with van der Waals surface area (Å²) in [6.07, 6.45) is 1.05. The number of hydrogen-bond acceptors (Lipinski definition) is 0. The largest absolute Gasteiger partial charge is 0.0620 e. The molecule has 0 atom stereocenters. The number of rotatable bonds is 5. The molecule has 0 unspecified atom stereocenters. The molecule has 0 saturated carbocycles. The molecule has 118 valence electrons. The summed E-state index contributed by atoms with van der Waals surface area (Å²) in [6.45, 7) is 13.8. The summed E-state index contributed by atoms with van der Waals surface area (Å²) in [5.74, 6) is 1.71. The van der Waals surface area contributed by atoms with Gasteiger partial charge in [0.25, 0.3) is 0 Å². The Morgan fingerprint density at radius 3 is 1.55 bits per heavy atom. The smallest absolute Gasteiger partial charge is 0.00173 e. The van der Waals surface area contributed by atoms with Crippen LogP contribution in [0.5, 0.6) is 0 Å². The zero-order valence-corrected chi connectivity index (χ0v) is 15.0. The fraction of sp³-hybridized carbons (Fsp3) is 0.455. The Balaban J connectivity index is 2.53. The van der Waals surface area contributed by atoms with Gasteiger partial charge in [-0.05, 0) is 52.0 Å². The Kier molecular flexibility index (Phi) is 5.45. The van der Waals surface area contributed by atoms with Crippen molar-refractivity contribution in [3.8, 4) is 0 Å². The second-order valence-electron chi connectivity index (χ2n) is 7.25. The van der Waals surface area contributed by atoms with Crippen molar-refractivity contribution in [3.05, 3.63) is 70.3 Å². The van der Waals surface area contributed by atoms with Crippen molar-refractivity contribution >= 4 is 0 Å². The van der Waals surface area contributed by atoms with E-state index < -0.39 is 0 Å². The topological polar surface area (TPSA) is 0 Å². The van der Waals surface area contributed by atoms with Gasteiger partial charge in [-0.1, -0.05) is 84.0 Å². The molecule has 2 aromatic carbocycles. The third-order valence-corrected chi connectivity index (χ3v) is 4.54. The molecule has 0 N–H and O–H groups in total. The van der Waals surface area contributed by atoms with Crippen molar-refractivity contribution in [3.63, 3.8) is 0 Å². The lowest BCUT2D eigenvalue weighted by Gasteiger charge is -2.21. The molecule has 0 spiro atoms. The van der Waals surface area contributed by atoms with Gasteiger partial charge in [-0.3, -0.25) is 0 Å². The maximum atomic E-state index is 2.31. The molecule has 0 nitrogen and oxygen atoms in total. The molecule has 0 aliphatic carbocycles. The highest BCUT2D eigenvalue weighted by molar-refractivity contribution is 5.44. The lowest BCUT2D eigenvalue weighted by molar-refractivity contribution is 0.797. The summed E-state index contributed by atoms with van der Waals surface area (Å²) < 4.78 is 0. The quantitative estimate of drug-likeness (QED) is 0.579. The van der Waals surface area contributed by atoms with Crippen molar-refractivity contribution in [1.29, 1.82) is 0 Å². The number of benzene rings is 2. The van der Waals surface area contributed by atoms with E-state index in [2.05, 4.69) is 84.0 Å². The van der Waals surface area contributed by atoms with Gasteiger partial charge in [0.1, 0.15) is 0 Å². The van der Waals surface area contributed by atoms with Gasteiger partial charge in [0, 0.05) is 0 Å². The van der Waals surface area contributed by atoms with E-state index in [1.807, 2.05) is 0 Å². The summed E-state index contributed by atoms with van der Waals surface area (Å²) in [5, 5.41) is 0. The van der Waals surface area contributed by atoms with Crippen LogP contribution in [0.4, 0.5) is 0 Å². The summed E-state index contributed by atoms with van der Waals surface area (Å²) in [4.78, 5) is 0. The van der Waals surface area contributed by atoms with Gasteiger partial charge in [0.15, 0.2) is 0 Å². The SMILES string of the molecule is CC(C)c1ccccc1Cc1c(C(C)C)cccc1C(C)C. The van der Waals surface area contributed by atoms with Crippen LogP contribution in [-0.4, -0.2) is 0 Å². The molecular weight excluding hydrogens is 264 g/mol. The molecular formula is C22H30. The van der Waals surface area contributed by atoms with E-state index in [-0.39, 0.29) is 0 Å².